The Morgan fingerprint density at radius 3 is 2.66 bits per heavy atom. The zero-order valence-corrected chi connectivity index (χ0v) is 21.5. The van der Waals surface area contributed by atoms with E-state index in [1.54, 1.807) is 0 Å². The Morgan fingerprint density at radius 2 is 1.89 bits per heavy atom. The quantitative estimate of drug-likeness (QED) is 0.487. The Labute approximate surface area is 208 Å². The molecule has 0 radical (unpaired) electrons. The van der Waals surface area contributed by atoms with Crippen molar-refractivity contribution in [3.8, 4) is 0 Å². The van der Waals surface area contributed by atoms with Crippen molar-refractivity contribution in [2.75, 3.05) is 13.1 Å². The largest absolute Gasteiger partial charge is 0.457 e. The van der Waals surface area contributed by atoms with Crippen LogP contribution < -0.4 is 0 Å². The van der Waals surface area contributed by atoms with Gasteiger partial charge in [-0.15, -0.1) is 0 Å². The highest BCUT2D eigenvalue weighted by Gasteiger charge is 2.84. The fourth-order valence-corrected chi connectivity index (χ4v) is 11.1. The Kier molecular flexibility index (Phi) is 4.83. The van der Waals surface area contributed by atoms with Gasteiger partial charge in [0.2, 0.25) is 5.79 Å². The molecule has 13 unspecified atom stereocenters. The maximum Gasteiger partial charge on any atom is 0.303 e. The summed E-state index contributed by atoms with van der Waals surface area (Å²) in [6.07, 6.45) is 6.49. The first kappa shape index (κ1) is 23.4. The molecular formula is C28H43NO6. The van der Waals surface area contributed by atoms with Crippen LogP contribution in [-0.4, -0.2) is 74.5 Å². The van der Waals surface area contributed by atoms with E-state index in [9.17, 15) is 20.1 Å². The molecule has 4 bridgehead atoms. The second-order valence-corrected chi connectivity index (χ2v) is 13.9. The lowest BCUT2D eigenvalue weighted by Gasteiger charge is -2.57. The predicted molar refractivity (Wildman–Crippen MR) is 127 cm³/mol. The molecule has 3 N–H and O–H groups in total. The van der Waals surface area contributed by atoms with E-state index in [1.165, 1.54) is 26.2 Å². The zero-order chi connectivity index (χ0) is 24.5. The Bertz CT molecular complexity index is 929. The molecule has 7 nitrogen and oxygen atoms in total. The number of hydrogen-bond acceptors (Lipinski definition) is 7. The average molecular weight is 490 g/mol. The van der Waals surface area contributed by atoms with Gasteiger partial charge in [0.25, 0.3) is 0 Å². The van der Waals surface area contributed by atoms with Crippen LogP contribution in [0.2, 0.25) is 0 Å². The third-order valence-corrected chi connectivity index (χ3v) is 12.5. The fraction of sp³-hybridized carbons (Fsp3) is 0.964. The Morgan fingerprint density at radius 1 is 1.09 bits per heavy atom. The second-order valence-electron chi connectivity index (χ2n) is 13.9. The molecule has 7 aliphatic rings. The molecule has 0 aromatic carbocycles. The third-order valence-electron chi connectivity index (χ3n) is 12.5. The number of ether oxygens (including phenoxy) is 2. The predicted octanol–water partition coefficient (Wildman–Crippen LogP) is 2.45. The number of hydrogen-bond donors (Lipinski definition) is 3. The summed E-state index contributed by atoms with van der Waals surface area (Å²) in [5, 5.41) is 36.0. The van der Waals surface area contributed by atoms with E-state index in [-0.39, 0.29) is 17.3 Å². The molecule has 3 saturated heterocycles. The van der Waals surface area contributed by atoms with E-state index in [0.717, 1.165) is 31.8 Å². The number of fused-ring (bicyclic) bond motifs is 5. The lowest BCUT2D eigenvalue weighted by atomic mass is 9.49. The molecule has 3 heterocycles. The van der Waals surface area contributed by atoms with Crippen LogP contribution in [0.3, 0.4) is 0 Å². The first-order chi connectivity index (χ1) is 16.5. The minimum atomic E-state index is -1.60. The topological polar surface area (TPSA) is 99.5 Å². The molecule has 7 heteroatoms. The molecule has 0 aromatic rings. The van der Waals surface area contributed by atoms with Crippen molar-refractivity contribution in [3.05, 3.63) is 0 Å². The minimum absolute atomic E-state index is 0.0600. The van der Waals surface area contributed by atoms with E-state index in [2.05, 4.69) is 18.7 Å². The van der Waals surface area contributed by atoms with Crippen LogP contribution in [0, 0.1) is 40.9 Å². The fourth-order valence-electron chi connectivity index (χ4n) is 11.1. The van der Waals surface area contributed by atoms with Crippen LogP contribution in [0.25, 0.3) is 0 Å². The first-order valence-corrected chi connectivity index (χ1v) is 14.3. The summed E-state index contributed by atoms with van der Waals surface area (Å²) in [6.45, 7) is 8.12. The molecule has 0 amide bonds. The number of nitrogens with zero attached hydrogens (tertiary/aromatic N) is 1. The van der Waals surface area contributed by atoms with Gasteiger partial charge in [-0.25, -0.2) is 0 Å². The van der Waals surface area contributed by atoms with E-state index in [4.69, 9.17) is 9.47 Å². The molecule has 35 heavy (non-hydrogen) atoms. The Balaban J connectivity index is 1.27. The van der Waals surface area contributed by atoms with Gasteiger partial charge in [-0.05, 0) is 81.5 Å². The average Bonchev–Trinajstić information content (AvgIpc) is 3.07. The molecule has 0 aromatic heterocycles. The van der Waals surface area contributed by atoms with Gasteiger partial charge in [0.05, 0.1) is 17.3 Å². The number of carbonyl (C=O) groups is 1. The van der Waals surface area contributed by atoms with Crippen LogP contribution in [-0.2, 0) is 14.3 Å². The lowest BCUT2D eigenvalue weighted by Crippen LogP contribution is -2.64. The smallest absolute Gasteiger partial charge is 0.303 e. The van der Waals surface area contributed by atoms with Gasteiger partial charge in [0.15, 0.2) is 6.10 Å². The molecule has 13 atom stereocenters. The maximum atomic E-state index is 12.5. The van der Waals surface area contributed by atoms with Crippen LogP contribution >= 0.6 is 0 Å². The number of carbonyl (C=O) groups excluding carboxylic acids is 1. The van der Waals surface area contributed by atoms with Crippen LogP contribution in [0.5, 0.6) is 0 Å². The summed E-state index contributed by atoms with van der Waals surface area (Å²) in [4.78, 5) is 14.6. The van der Waals surface area contributed by atoms with E-state index in [0.29, 0.717) is 43.6 Å². The highest BCUT2D eigenvalue weighted by molar-refractivity contribution is 5.66. The van der Waals surface area contributed by atoms with Crippen molar-refractivity contribution in [3.63, 3.8) is 0 Å². The normalized spacial score (nSPS) is 60.8. The van der Waals surface area contributed by atoms with E-state index >= 15 is 0 Å². The molecule has 7 fully saturated rings. The van der Waals surface area contributed by atoms with Gasteiger partial charge >= 0.3 is 5.97 Å². The van der Waals surface area contributed by atoms with E-state index < -0.39 is 41.1 Å². The van der Waals surface area contributed by atoms with Gasteiger partial charge in [0, 0.05) is 43.3 Å². The van der Waals surface area contributed by atoms with Gasteiger partial charge < -0.3 is 24.8 Å². The molecule has 196 valence electrons. The monoisotopic (exact) mass is 489 g/mol. The van der Waals surface area contributed by atoms with Crippen LogP contribution in [0.1, 0.15) is 78.6 Å². The maximum absolute atomic E-state index is 12.5. The van der Waals surface area contributed by atoms with Gasteiger partial charge in [-0.3, -0.25) is 9.69 Å². The summed E-state index contributed by atoms with van der Waals surface area (Å²) in [5.41, 5.74) is -2.13. The second kappa shape index (κ2) is 7.22. The minimum Gasteiger partial charge on any atom is -0.457 e. The number of aliphatic hydroxyl groups excluding tert-OH is 1. The third kappa shape index (κ3) is 2.78. The van der Waals surface area contributed by atoms with Crippen LogP contribution in [0.15, 0.2) is 0 Å². The molecule has 4 aliphatic carbocycles. The standard InChI is InChI=1S/C28H43NO6/c1-15-4-5-18-10-17-6-9-26(32)20(19(17)14-29(18)13-15)12-27-24(26)21(31)11-22-25(27,3)8-7-23(34-16(2)30)28(22,33)35-27/h15,17-24,31-33H,4-14H2,1-3H3. The molecule has 1 spiro atoms. The van der Waals surface area contributed by atoms with Crippen molar-refractivity contribution in [2.24, 2.45) is 40.9 Å². The number of esters is 1. The summed E-state index contributed by atoms with van der Waals surface area (Å²) in [5.74, 6) is -0.940. The summed E-state index contributed by atoms with van der Waals surface area (Å²) in [7, 11) is 0. The molecule has 7 rings (SSSR count). The number of aliphatic hydroxyl groups is 3. The highest BCUT2D eigenvalue weighted by Crippen LogP contribution is 2.76. The van der Waals surface area contributed by atoms with Crippen molar-refractivity contribution in [1.82, 2.24) is 4.90 Å². The Hall–Kier alpha value is -0.730. The van der Waals surface area contributed by atoms with Crippen molar-refractivity contribution in [2.45, 2.75) is 114 Å². The first-order valence-electron chi connectivity index (χ1n) is 14.3. The van der Waals surface area contributed by atoms with E-state index in [1.807, 2.05) is 0 Å². The van der Waals surface area contributed by atoms with Crippen LogP contribution in [0.4, 0.5) is 0 Å². The number of piperidine rings is 2. The van der Waals surface area contributed by atoms with Gasteiger partial charge in [-0.1, -0.05) is 13.8 Å². The lowest BCUT2D eigenvalue weighted by molar-refractivity contribution is -0.287. The van der Waals surface area contributed by atoms with Crippen molar-refractivity contribution < 1.29 is 29.6 Å². The van der Waals surface area contributed by atoms with Gasteiger partial charge in [-0.2, -0.15) is 0 Å². The molecule has 3 aliphatic heterocycles. The SMILES string of the molecule is CC(=O)OC1CCC2(C)C3CC(O)C4C5(O)CCC6CC7CCC(C)CN7CC6C5CC42OC13O. The number of rotatable bonds is 1. The highest BCUT2D eigenvalue weighted by atomic mass is 16.7. The summed E-state index contributed by atoms with van der Waals surface area (Å²) in [6, 6.07) is 0.681. The molecule has 4 saturated carbocycles. The van der Waals surface area contributed by atoms with Crippen molar-refractivity contribution in [1.29, 1.82) is 0 Å². The van der Waals surface area contributed by atoms with Gasteiger partial charge in [0.1, 0.15) is 0 Å². The van der Waals surface area contributed by atoms with Crippen molar-refractivity contribution >= 4 is 5.97 Å². The summed E-state index contributed by atoms with van der Waals surface area (Å²) >= 11 is 0. The zero-order valence-electron chi connectivity index (χ0n) is 21.5. The molecular weight excluding hydrogens is 446 g/mol. The summed E-state index contributed by atoms with van der Waals surface area (Å²) < 4.78 is 12.4.